The van der Waals surface area contributed by atoms with Crippen LogP contribution < -0.4 is 10.6 Å². The van der Waals surface area contributed by atoms with Crippen molar-refractivity contribution in [3.05, 3.63) is 59.7 Å². The highest BCUT2D eigenvalue weighted by molar-refractivity contribution is 5.82. The number of nitrogens with one attached hydrogen (secondary N) is 2. The highest BCUT2D eigenvalue weighted by Gasteiger charge is 2.35. The topological polar surface area (TPSA) is 114 Å². The van der Waals surface area contributed by atoms with Gasteiger partial charge in [0.1, 0.15) is 12.7 Å². The summed E-state index contributed by atoms with van der Waals surface area (Å²) in [5.74, 6) is -2.31. The standard InChI is InChI=1S/C27H32N2O6/c1-16(2)22(26(31)32)14-28-25(30)24-17(11-12-34-24)13-29-27(33)35-15-23-20-9-5-3-7-18(20)19-8-4-6-10-21(19)23/h3-10,16-17,22-24H,11-15H2,1-2H3,(H,28,30)(H,29,33)(H,31,32)/t17-,22?,24-/m0/s1. The van der Waals surface area contributed by atoms with E-state index in [4.69, 9.17) is 9.47 Å². The molecule has 35 heavy (non-hydrogen) atoms. The maximum absolute atomic E-state index is 12.6. The van der Waals surface area contributed by atoms with Crippen LogP contribution in [0.2, 0.25) is 0 Å². The number of carboxylic acids is 1. The Morgan fingerprint density at radius 1 is 1.03 bits per heavy atom. The Hall–Kier alpha value is -3.39. The minimum Gasteiger partial charge on any atom is -0.481 e. The molecule has 186 valence electrons. The van der Waals surface area contributed by atoms with Gasteiger partial charge in [0.15, 0.2) is 0 Å². The van der Waals surface area contributed by atoms with Gasteiger partial charge in [-0.25, -0.2) is 4.79 Å². The maximum atomic E-state index is 12.6. The van der Waals surface area contributed by atoms with E-state index in [1.165, 1.54) is 0 Å². The van der Waals surface area contributed by atoms with Crippen molar-refractivity contribution in [1.29, 1.82) is 0 Å². The molecule has 0 aromatic heterocycles. The van der Waals surface area contributed by atoms with Crippen LogP contribution in [0, 0.1) is 17.8 Å². The van der Waals surface area contributed by atoms with Crippen LogP contribution in [0.1, 0.15) is 37.3 Å². The molecule has 0 spiro atoms. The van der Waals surface area contributed by atoms with Crippen molar-refractivity contribution in [3.63, 3.8) is 0 Å². The van der Waals surface area contributed by atoms with Gasteiger partial charge in [-0.05, 0) is 34.6 Å². The summed E-state index contributed by atoms with van der Waals surface area (Å²) in [6.45, 7) is 4.51. The molecule has 0 saturated carbocycles. The maximum Gasteiger partial charge on any atom is 0.407 e. The van der Waals surface area contributed by atoms with Gasteiger partial charge in [0.05, 0.1) is 5.92 Å². The monoisotopic (exact) mass is 480 g/mol. The van der Waals surface area contributed by atoms with Crippen LogP contribution in [0.25, 0.3) is 11.1 Å². The fourth-order valence-corrected chi connectivity index (χ4v) is 4.92. The van der Waals surface area contributed by atoms with Gasteiger partial charge in [0, 0.05) is 31.5 Å². The third-order valence-electron chi connectivity index (χ3n) is 6.94. The van der Waals surface area contributed by atoms with E-state index < -0.39 is 24.1 Å². The molecule has 1 unspecified atom stereocenters. The molecular weight excluding hydrogens is 448 g/mol. The van der Waals surface area contributed by atoms with Gasteiger partial charge in [-0.2, -0.15) is 0 Å². The summed E-state index contributed by atoms with van der Waals surface area (Å²) in [5, 5.41) is 14.8. The first-order valence-electron chi connectivity index (χ1n) is 12.1. The Morgan fingerprint density at radius 2 is 1.66 bits per heavy atom. The normalized spacial score (nSPS) is 19.6. The van der Waals surface area contributed by atoms with E-state index in [0.717, 1.165) is 22.3 Å². The molecule has 8 nitrogen and oxygen atoms in total. The first kappa shape index (κ1) is 24.7. The molecule has 1 fully saturated rings. The zero-order valence-corrected chi connectivity index (χ0v) is 20.0. The quantitative estimate of drug-likeness (QED) is 0.507. The number of alkyl carbamates (subject to hydrolysis) is 1. The molecule has 3 atom stereocenters. The zero-order chi connectivity index (χ0) is 24.9. The summed E-state index contributed by atoms with van der Waals surface area (Å²) < 4.78 is 11.2. The van der Waals surface area contributed by atoms with E-state index in [1.54, 1.807) is 13.8 Å². The first-order chi connectivity index (χ1) is 16.9. The number of rotatable bonds is 9. The molecule has 3 N–H and O–H groups in total. The third-order valence-corrected chi connectivity index (χ3v) is 6.94. The Balaban J connectivity index is 1.28. The number of hydrogen-bond acceptors (Lipinski definition) is 5. The third kappa shape index (κ3) is 5.48. The summed E-state index contributed by atoms with van der Waals surface area (Å²) in [6.07, 6.45) is -0.650. The van der Waals surface area contributed by atoms with E-state index >= 15 is 0 Å². The van der Waals surface area contributed by atoms with E-state index in [0.29, 0.717) is 13.0 Å². The molecule has 8 heteroatoms. The van der Waals surface area contributed by atoms with Gasteiger partial charge in [0.25, 0.3) is 0 Å². The van der Waals surface area contributed by atoms with Crippen LogP contribution in [0.4, 0.5) is 4.79 Å². The van der Waals surface area contributed by atoms with Gasteiger partial charge < -0.3 is 25.2 Å². The molecule has 0 radical (unpaired) electrons. The Bertz CT molecular complexity index is 1040. The number of benzene rings is 2. The van der Waals surface area contributed by atoms with E-state index in [1.807, 2.05) is 24.3 Å². The van der Waals surface area contributed by atoms with Gasteiger partial charge >= 0.3 is 12.1 Å². The lowest BCUT2D eigenvalue weighted by atomic mass is 9.95. The van der Waals surface area contributed by atoms with Crippen LogP contribution in [0.15, 0.2) is 48.5 Å². The van der Waals surface area contributed by atoms with Crippen molar-refractivity contribution in [1.82, 2.24) is 10.6 Å². The highest BCUT2D eigenvalue weighted by Crippen LogP contribution is 2.44. The lowest BCUT2D eigenvalue weighted by Crippen LogP contribution is -2.45. The minimum atomic E-state index is -0.943. The van der Waals surface area contributed by atoms with E-state index in [-0.39, 0.29) is 43.4 Å². The summed E-state index contributed by atoms with van der Waals surface area (Å²) in [5.41, 5.74) is 4.61. The van der Waals surface area contributed by atoms with Crippen molar-refractivity contribution in [2.45, 2.75) is 32.3 Å². The number of carbonyl (C=O) groups is 3. The number of aliphatic carboxylic acids is 1. The van der Waals surface area contributed by atoms with Crippen LogP contribution in [-0.2, 0) is 19.1 Å². The molecule has 1 aliphatic carbocycles. The summed E-state index contributed by atoms with van der Waals surface area (Å²) in [4.78, 5) is 36.5. The molecule has 2 aromatic rings. The summed E-state index contributed by atoms with van der Waals surface area (Å²) in [6, 6.07) is 16.3. The van der Waals surface area contributed by atoms with Gasteiger partial charge in [0.2, 0.25) is 5.91 Å². The second-order valence-electron chi connectivity index (χ2n) is 9.48. The highest BCUT2D eigenvalue weighted by atomic mass is 16.5. The Kier molecular flexibility index (Phi) is 7.70. The van der Waals surface area contributed by atoms with Crippen LogP contribution in [0.3, 0.4) is 0 Å². The Labute approximate surface area is 205 Å². The second kappa shape index (κ2) is 10.9. The van der Waals surface area contributed by atoms with Gasteiger partial charge in [-0.15, -0.1) is 0 Å². The van der Waals surface area contributed by atoms with Gasteiger partial charge in [-0.3, -0.25) is 9.59 Å². The number of hydrogen-bond donors (Lipinski definition) is 3. The summed E-state index contributed by atoms with van der Waals surface area (Å²) >= 11 is 0. The first-order valence-corrected chi connectivity index (χ1v) is 12.1. The van der Waals surface area contributed by atoms with E-state index in [9.17, 15) is 19.5 Å². The molecule has 4 rings (SSSR count). The fraction of sp³-hybridized carbons (Fsp3) is 0.444. The molecule has 1 aliphatic heterocycles. The largest absolute Gasteiger partial charge is 0.481 e. The van der Waals surface area contributed by atoms with E-state index in [2.05, 4.69) is 34.9 Å². The summed E-state index contributed by atoms with van der Waals surface area (Å²) in [7, 11) is 0. The smallest absolute Gasteiger partial charge is 0.407 e. The predicted molar refractivity (Wildman–Crippen MR) is 130 cm³/mol. The van der Waals surface area contributed by atoms with Crippen molar-refractivity contribution in [3.8, 4) is 11.1 Å². The predicted octanol–water partition coefficient (Wildman–Crippen LogP) is 3.40. The Morgan fingerprint density at radius 3 is 2.26 bits per heavy atom. The average molecular weight is 481 g/mol. The molecular formula is C27H32N2O6. The molecule has 1 heterocycles. The number of amides is 2. The molecule has 2 aromatic carbocycles. The number of carbonyl (C=O) groups excluding carboxylic acids is 2. The van der Waals surface area contributed by atoms with Crippen molar-refractivity contribution < 1.29 is 29.0 Å². The lowest BCUT2D eigenvalue weighted by Gasteiger charge is -2.21. The van der Waals surface area contributed by atoms with Crippen LogP contribution >= 0.6 is 0 Å². The molecule has 2 amide bonds. The van der Waals surface area contributed by atoms with Crippen LogP contribution in [0.5, 0.6) is 0 Å². The zero-order valence-electron chi connectivity index (χ0n) is 20.0. The molecule has 2 aliphatic rings. The second-order valence-corrected chi connectivity index (χ2v) is 9.48. The van der Waals surface area contributed by atoms with Crippen molar-refractivity contribution in [2.75, 3.05) is 26.3 Å². The van der Waals surface area contributed by atoms with Crippen LogP contribution in [-0.4, -0.2) is 55.5 Å². The number of fused-ring (bicyclic) bond motifs is 3. The van der Waals surface area contributed by atoms with Crippen molar-refractivity contribution >= 4 is 18.0 Å². The van der Waals surface area contributed by atoms with Crippen molar-refractivity contribution in [2.24, 2.45) is 17.8 Å². The lowest BCUT2D eigenvalue weighted by molar-refractivity contribution is -0.143. The number of carboxylic acid groups (broad SMARTS) is 1. The SMILES string of the molecule is CC(C)C(CNC(=O)[C@H]1OCC[C@H]1CNC(=O)OCC1c2ccccc2-c2ccccc21)C(=O)O. The molecule has 1 saturated heterocycles. The minimum absolute atomic E-state index is 0.0235. The van der Waals surface area contributed by atoms with Gasteiger partial charge in [-0.1, -0.05) is 62.4 Å². The average Bonchev–Trinajstić information content (AvgIpc) is 3.44. The number of ether oxygens (including phenoxy) is 2. The molecule has 0 bridgehead atoms. The fourth-order valence-electron chi connectivity index (χ4n) is 4.92.